The smallest absolute Gasteiger partial charge is 0.193 e. The normalized spacial score (nSPS) is 11.1. The molecular formula is C30H29FN4O5. The van der Waals surface area contributed by atoms with E-state index in [2.05, 4.69) is 15.6 Å². The zero-order valence-electron chi connectivity index (χ0n) is 21.8. The van der Waals surface area contributed by atoms with Crippen LogP contribution in [0.4, 0.5) is 10.1 Å². The van der Waals surface area contributed by atoms with Gasteiger partial charge >= 0.3 is 0 Å². The number of hydrogen-bond donors (Lipinski definition) is 1. The molecule has 206 valence electrons. The van der Waals surface area contributed by atoms with E-state index < -0.39 is 5.82 Å². The van der Waals surface area contributed by atoms with Gasteiger partial charge in [-0.2, -0.15) is 0 Å². The lowest BCUT2D eigenvalue weighted by Gasteiger charge is -2.09. The van der Waals surface area contributed by atoms with Gasteiger partial charge in [0, 0.05) is 17.3 Å². The Hall–Kier alpha value is -4.54. The number of para-hydroxylation sites is 1. The van der Waals surface area contributed by atoms with Crippen LogP contribution in [0.25, 0.3) is 22.3 Å². The van der Waals surface area contributed by atoms with Crippen molar-refractivity contribution >= 4 is 16.7 Å². The molecule has 0 unspecified atom stereocenters. The number of nitrogens with zero attached hydrogens (tertiary/aromatic N) is 3. The highest BCUT2D eigenvalue weighted by Crippen LogP contribution is 2.24. The number of fused-ring (bicyclic) bond motifs is 1. The monoisotopic (exact) mass is 544 g/mol. The Bertz CT molecular complexity index is 1570. The minimum Gasteiger partial charge on any atom is -0.491 e. The topological polar surface area (TPSA) is 101 Å². The van der Waals surface area contributed by atoms with Crippen molar-refractivity contribution in [2.45, 2.75) is 13.1 Å². The number of benzene rings is 3. The van der Waals surface area contributed by atoms with Crippen LogP contribution in [0.5, 0.6) is 5.75 Å². The molecule has 2 aromatic heterocycles. The maximum Gasteiger partial charge on any atom is 0.193 e. The summed E-state index contributed by atoms with van der Waals surface area (Å²) in [5.74, 6) is 0.596. The van der Waals surface area contributed by atoms with Gasteiger partial charge in [0.05, 0.1) is 51.1 Å². The van der Waals surface area contributed by atoms with Crippen LogP contribution >= 0.6 is 0 Å². The number of hydrogen-bond acceptors (Lipinski definition) is 8. The van der Waals surface area contributed by atoms with Gasteiger partial charge < -0.3 is 23.9 Å². The molecule has 9 nitrogen and oxygen atoms in total. The van der Waals surface area contributed by atoms with Crippen LogP contribution in [0.2, 0.25) is 0 Å². The summed E-state index contributed by atoms with van der Waals surface area (Å²) in [4.78, 5) is 12.3. The average molecular weight is 545 g/mol. The van der Waals surface area contributed by atoms with E-state index in [1.807, 2.05) is 36.5 Å². The molecule has 40 heavy (non-hydrogen) atoms. The SMILES string of the molecule is O=c1cc(-c2ccc(OCCOCCOCCn3cc(CNc4ccccc4)nn3)cc2)oc2ccc(F)cc12. The van der Waals surface area contributed by atoms with Crippen LogP contribution in [-0.4, -0.2) is 48.0 Å². The highest BCUT2D eigenvalue weighted by atomic mass is 19.1. The summed E-state index contributed by atoms with van der Waals surface area (Å²) >= 11 is 0. The van der Waals surface area contributed by atoms with Crippen molar-refractivity contribution in [1.29, 1.82) is 0 Å². The first kappa shape index (κ1) is 27.0. The minimum absolute atomic E-state index is 0.214. The maximum atomic E-state index is 13.4. The molecule has 0 bridgehead atoms. The number of nitrogens with one attached hydrogen (secondary N) is 1. The van der Waals surface area contributed by atoms with Crippen LogP contribution in [0.15, 0.2) is 94.3 Å². The van der Waals surface area contributed by atoms with Gasteiger partial charge in [-0.15, -0.1) is 5.10 Å². The van der Waals surface area contributed by atoms with E-state index in [0.29, 0.717) is 63.2 Å². The summed E-state index contributed by atoms with van der Waals surface area (Å²) in [6, 6.07) is 22.4. The van der Waals surface area contributed by atoms with Gasteiger partial charge in [0.2, 0.25) is 0 Å². The van der Waals surface area contributed by atoms with Crippen LogP contribution in [0.3, 0.4) is 0 Å². The van der Waals surface area contributed by atoms with Crippen LogP contribution in [-0.2, 0) is 22.6 Å². The fourth-order valence-corrected chi connectivity index (χ4v) is 3.96. The van der Waals surface area contributed by atoms with Crippen LogP contribution in [0, 0.1) is 5.82 Å². The molecule has 0 fully saturated rings. The number of aromatic nitrogens is 3. The van der Waals surface area contributed by atoms with Gasteiger partial charge in [0.15, 0.2) is 5.43 Å². The molecule has 2 heterocycles. The zero-order valence-corrected chi connectivity index (χ0v) is 21.8. The molecule has 0 amide bonds. The fraction of sp³-hybridized carbons (Fsp3) is 0.233. The highest BCUT2D eigenvalue weighted by Gasteiger charge is 2.08. The number of halogens is 1. The molecule has 0 spiro atoms. The van der Waals surface area contributed by atoms with Crippen molar-refractivity contribution in [3.8, 4) is 17.1 Å². The van der Waals surface area contributed by atoms with Gasteiger partial charge in [-0.05, 0) is 54.6 Å². The molecule has 0 atom stereocenters. The fourth-order valence-electron chi connectivity index (χ4n) is 3.96. The van der Waals surface area contributed by atoms with Crippen LogP contribution in [0.1, 0.15) is 5.69 Å². The van der Waals surface area contributed by atoms with E-state index in [4.69, 9.17) is 18.6 Å². The molecule has 5 aromatic rings. The average Bonchev–Trinajstić information content (AvgIpc) is 3.44. The molecule has 0 saturated carbocycles. The second kappa shape index (κ2) is 13.5. The first-order valence-electron chi connectivity index (χ1n) is 12.9. The van der Waals surface area contributed by atoms with E-state index in [0.717, 1.165) is 16.9 Å². The van der Waals surface area contributed by atoms with E-state index in [9.17, 15) is 9.18 Å². The first-order chi connectivity index (χ1) is 19.6. The third-order valence-electron chi connectivity index (χ3n) is 5.99. The Balaban J connectivity index is 0.946. The molecule has 0 aliphatic carbocycles. The molecule has 5 rings (SSSR count). The van der Waals surface area contributed by atoms with E-state index in [-0.39, 0.29) is 10.8 Å². The van der Waals surface area contributed by atoms with Crippen molar-refractivity contribution in [2.24, 2.45) is 0 Å². The Morgan fingerprint density at radius 2 is 1.65 bits per heavy atom. The Labute approximate surface area is 230 Å². The van der Waals surface area contributed by atoms with Gasteiger partial charge in [-0.1, -0.05) is 23.4 Å². The van der Waals surface area contributed by atoms with Crippen molar-refractivity contribution < 1.29 is 23.0 Å². The predicted molar refractivity (Wildman–Crippen MR) is 149 cm³/mol. The minimum atomic E-state index is -0.476. The third-order valence-corrected chi connectivity index (χ3v) is 5.99. The molecule has 0 radical (unpaired) electrons. The zero-order chi connectivity index (χ0) is 27.6. The van der Waals surface area contributed by atoms with Crippen molar-refractivity contribution in [1.82, 2.24) is 15.0 Å². The second-order valence-corrected chi connectivity index (χ2v) is 8.91. The Kier molecular flexibility index (Phi) is 9.13. The number of rotatable bonds is 14. The third kappa shape index (κ3) is 7.52. The molecule has 3 aromatic carbocycles. The molecule has 10 heteroatoms. The lowest BCUT2D eigenvalue weighted by atomic mass is 10.1. The van der Waals surface area contributed by atoms with Crippen molar-refractivity contribution in [3.63, 3.8) is 0 Å². The summed E-state index contributed by atoms with van der Waals surface area (Å²) in [6.07, 6.45) is 1.90. The van der Waals surface area contributed by atoms with Gasteiger partial charge in [0.1, 0.15) is 35.2 Å². The maximum absolute atomic E-state index is 13.4. The highest BCUT2D eigenvalue weighted by molar-refractivity contribution is 5.78. The summed E-state index contributed by atoms with van der Waals surface area (Å²) in [5.41, 5.74) is 2.66. The Morgan fingerprint density at radius 3 is 2.48 bits per heavy atom. The molecule has 1 N–H and O–H groups in total. The molecule has 0 aliphatic rings. The number of ether oxygens (including phenoxy) is 3. The molecule has 0 saturated heterocycles. The summed E-state index contributed by atoms with van der Waals surface area (Å²) < 4.78 is 37.9. The van der Waals surface area contributed by atoms with Gasteiger partial charge in [0.25, 0.3) is 0 Å². The lowest BCUT2D eigenvalue weighted by molar-refractivity contribution is 0.0333. The lowest BCUT2D eigenvalue weighted by Crippen LogP contribution is -2.13. The number of anilines is 1. The quantitative estimate of drug-likeness (QED) is 0.197. The first-order valence-corrected chi connectivity index (χ1v) is 12.9. The van der Waals surface area contributed by atoms with Crippen LogP contribution < -0.4 is 15.5 Å². The van der Waals surface area contributed by atoms with Crippen molar-refractivity contribution in [2.75, 3.05) is 38.4 Å². The standard InChI is InChI=1S/C30H29FN4O5/c31-23-8-11-29-27(18-23)28(36)19-30(40-29)22-6-9-26(10-7-22)39-17-16-38-15-14-37-13-12-35-21-25(33-34-35)20-32-24-4-2-1-3-5-24/h1-11,18-19,21,32H,12-17,20H2. The summed E-state index contributed by atoms with van der Waals surface area (Å²) in [5, 5.41) is 11.8. The van der Waals surface area contributed by atoms with Gasteiger partial charge in [-0.3, -0.25) is 4.79 Å². The Morgan fingerprint density at radius 1 is 0.875 bits per heavy atom. The molecular weight excluding hydrogens is 515 g/mol. The van der Waals surface area contributed by atoms with Gasteiger partial charge in [-0.25, -0.2) is 9.07 Å². The van der Waals surface area contributed by atoms with E-state index in [1.54, 1.807) is 28.9 Å². The largest absolute Gasteiger partial charge is 0.491 e. The van der Waals surface area contributed by atoms with Crippen molar-refractivity contribution in [3.05, 3.63) is 107 Å². The summed E-state index contributed by atoms with van der Waals surface area (Å²) in [7, 11) is 0. The van der Waals surface area contributed by atoms with E-state index >= 15 is 0 Å². The predicted octanol–water partition coefficient (Wildman–Crippen LogP) is 4.91. The van der Waals surface area contributed by atoms with E-state index in [1.165, 1.54) is 24.3 Å². The second-order valence-electron chi connectivity index (χ2n) is 8.91. The summed E-state index contributed by atoms with van der Waals surface area (Å²) in [6.45, 7) is 3.45. The molecule has 0 aliphatic heterocycles.